The number of methoxy groups -OCH3 is 1. The second-order valence-electron chi connectivity index (χ2n) is 6.56. The van der Waals surface area contributed by atoms with Crippen molar-refractivity contribution in [2.75, 3.05) is 7.11 Å². The minimum atomic E-state index is 0.114. The molecule has 0 radical (unpaired) electrons. The van der Waals surface area contributed by atoms with E-state index in [0.717, 1.165) is 23.3 Å². The predicted octanol–water partition coefficient (Wildman–Crippen LogP) is 3.29. The molecule has 20 heavy (non-hydrogen) atoms. The van der Waals surface area contributed by atoms with E-state index in [1.54, 1.807) is 7.11 Å². The number of carbonyl (C=O) groups is 1. The van der Waals surface area contributed by atoms with Crippen molar-refractivity contribution in [3.63, 3.8) is 0 Å². The number of carbonyl (C=O) groups excluding carboxylic acids is 1. The third-order valence-corrected chi connectivity index (χ3v) is 4.27. The van der Waals surface area contributed by atoms with Crippen LogP contribution in [0, 0.1) is 11.3 Å². The average Bonchev–Trinajstić information content (AvgIpc) is 2.77. The maximum atomic E-state index is 12.4. The molecule has 0 bridgehead atoms. The number of Topliss-reactive ketones (excluding diaryl/α,β-unsaturated/α-hetero) is 1. The van der Waals surface area contributed by atoms with Gasteiger partial charge in [-0.25, -0.2) is 4.98 Å². The van der Waals surface area contributed by atoms with E-state index in [4.69, 9.17) is 4.74 Å². The van der Waals surface area contributed by atoms with Crippen LogP contribution in [-0.4, -0.2) is 22.4 Å². The number of aromatic nitrogens is 2. The van der Waals surface area contributed by atoms with E-state index in [-0.39, 0.29) is 11.2 Å². The maximum Gasteiger partial charge on any atom is 0.198 e. The highest BCUT2D eigenvalue weighted by molar-refractivity contribution is 5.98. The summed E-state index contributed by atoms with van der Waals surface area (Å²) in [5.74, 6) is 1.77. The van der Waals surface area contributed by atoms with E-state index in [1.165, 1.54) is 0 Å². The van der Waals surface area contributed by atoms with E-state index < -0.39 is 0 Å². The number of hydrogen-bond donors (Lipinski definition) is 0. The zero-order valence-electron chi connectivity index (χ0n) is 12.4. The lowest BCUT2D eigenvalue weighted by Gasteiger charge is -2.33. The summed E-state index contributed by atoms with van der Waals surface area (Å²) in [4.78, 5) is 16.9. The van der Waals surface area contributed by atoms with Gasteiger partial charge in [-0.1, -0.05) is 26.8 Å². The van der Waals surface area contributed by atoms with Crippen LogP contribution in [0.5, 0.6) is 5.75 Å². The number of para-hydroxylation sites is 1. The van der Waals surface area contributed by atoms with Crippen LogP contribution in [0.25, 0.3) is 11.0 Å². The molecule has 0 saturated carbocycles. The number of nitrogens with zero attached hydrogens (tertiary/aromatic N) is 2. The number of imidazole rings is 1. The van der Waals surface area contributed by atoms with E-state index >= 15 is 0 Å². The number of benzene rings is 1. The summed E-state index contributed by atoms with van der Waals surface area (Å²) in [6.07, 6.45) is 0.579. The lowest BCUT2D eigenvalue weighted by atomic mass is 9.76. The summed E-state index contributed by atoms with van der Waals surface area (Å²) in [5, 5.41) is 0. The van der Waals surface area contributed by atoms with Gasteiger partial charge in [0, 0.05) is 13.0 Å². The van der Waals surface area contributed by atoms with Gasteiger partial charge in [0.15, 0.2) is 11.6 Å². The molecular formula is C16H20N2O2. The third-order valence-electron chi connectivity index (χ3n) is 4.27. The van der Waals surface area contributed by atoms with Crippen molar-refractivity contribution in [2.45, 2.75) is 33.7 Å². The normalized spacial score (nSPS) is 19.2. The molecule has 4 heteroatoms. The molecule has 0 saturated heterocycles. The van der Waals surface area contributed by atoms with Gasteiger partial charge in [0.05, 0.1) is 12.6 Å². The number of fused-ring (bicyclic) bond motifs is 3. The highest BCUT2D eigenvalue weighted by atomic mass is 16.5. The second-order valence-corrected chi connectivity index (χ2v) is 6.56. The first-order chi connectivity index (χ1) is 9.41. The molecule has 0 N–H and O–H groups in total. The van der Waals surface area contributed by atoms with E-state index in [0.29, 0.717) is 18.2 Å². The molecular weight excluding hydrogens is 252 g/mol. The Hall–Kier alpha value is -1.84. The van der Waals surface area contributed by atoms with Gasteiger partial charge in [-0.05, 0) is 23.5 Å². The highest BCUT2D eigenvalue weighted by Gasteiger charge is 2.35. The van der Waals surface area contributed by atoms with Crippen LogP contribution in [0.15, 0.2) is 18.2 Å². The third kappa shape index (κ3) is 1.90. The molecule has 106 valence electrons. The van der Waals surface area contributed by atoms with Crippen LogP contribution in [0.2, 0.25) is 0 Å². The molecule has 1 unspecified atom stereocenters. The first kappa shape index (κ1) is 13.2. The summed E-state index contributed by atoms with van der Waals surface area (Å²) in [6.45, 7) is 7.41. The minimum absolute atomic E-state index is 0.114. The molecule has 2 heterocycles. The summed E-state index contributed by atoms with van der Waals surface area (Å²) < 4.78 is 7.40. The molecule has 3 rings (SSSR count). The van der Waals surface area contributed by atoms with Crippen molar-refractivity contribution in [3.05, 3.63) is 24.0 Å². The van der Waals surface area contributed by atoms with Crippen LogP contribution in [0.3, 0.4) is 0 Å². The molecule has 2 aromatic rings. The Bertz CT molecular complexity index is 680. The van der Waals surface area contributed by atoms with Gasteiger partial charge in [0.25, 0.3) is 0 Å². The Kier molecular flexibility index (Phi) is 2.85. The smallest absolute Gasteiger partial charge is 0.198 e. The molecule has 4 nitrogen and oxygen atoms in total. The molecule has 1 aromatic carbocycles. The summed E-state index contributed by atoms with van der Waals surface area (Å²) >= 11 is 0. The number of ketones is 1. The van der Waals surface area contributed by atoms with Gasteiger partial charge < -0.3 is 9.30 Å². The Morgan fingerprint density at radius 1 is 1.35 bits per heavy atom. The monoisotopic (exact) mass is 272 g/mol. The Labute approximate surface area is 118 Å². The molecule has 1 atom stereocenters. The fourth-order valence-electron chi connectivity index (χ4n) is 2.86. The van der Waals surface area contributed by atoms with Gasteiger partial charge in [0.1, 0.15) is 11.3 Å². The largest absolute Gasteiger partial charge is 0.494 e. The van der Waals surface area contributed by atoms with Crippen molar-refractivity contribution >= 4 is 16.8 Å². The van der Waals surface area contributed by atoms with Crippen molar-refractivity contribution in [3.8, 4) is 5.75 Å². The van der Waals surface area contributed by atoms with Gasteiger partial charge in [-0.15, -0.1) is 0 Å². The number of rotatable bonds is 1. The topological polar surface area (TPSA) is 44.1 Å². The Morgan fingerprint density at radius 3 is 2.75 bits per heavy atom. The first-order valence-electron chi connectivity index (χ1n) is 6.98. The van der Waals surface area contributed by atoms with Gasteiger partial charge in [-0.3, -0.25) is 4.79 Å². The Morgan fingerprint density at radius 2 is 2.10 bits per heavy atom. The summed E-state index contributed by atoms with van der Waals surface area (Å²) in [6, 6.07) is 5.83. The highest BCUT2D eigenvalue weighted by Crippen LogP contribution is 2.37. The lowest BCUT2D eigenvalue weighted by molar-refractivity contribution is 0.0840. The number of hydrogen-bond acceptors (Lipinski definition) is 3. The second kappa shape index (κ2) is 4.33. The summed E-state index contributed by atoms with van der Waals surface area (Å²) in [5.41, 5.74) is 1.89. The van der Waals surface area contributed by atoms with Crippen LogP contribution in [-0.2, 0) is 6.54 Å². The quantitative estimate of drug-likeness (QED) is 0.800. The first-order valence-corrected chi connectivity index (χ1v) is 6.98. The van der Waals surface area contributed by atoms with Crippen LogP contribution in [0.1, 0.15) is 37.8 Å². The molecule has 1 aliphatic rings. The predicted molar refractivity (Wildman–Crippen MR) is 78.2 cm³/mol. The average molecular weight is 272 g/mol. The molecule has 0 aliphatic carbocycles. The SMILES string of the molecule is COc1cccc2c1nc1n2CC(C(C)(C)C)CC1=O. The molecule has 0 amide bonds. The number of ether oxygens (including phenoxy) is 1. The zero-order valence-corrected chi connectivity index (χ0v) is 12.4. The van der Waals surface area contributed by atoms with Crippen molar-refractivity contribution in [1.29, 1.82) is 0 Å². The molecule has 1 aliphatic heterocycles. The molecule has 0 fully saturated rings. The van der Waals surface area contributed by atoms with Crippen LogP contribution < -0.4 is 4.74 Å². The minimum Gasteiger partial charge on any atom is -0.494 e. The van der Waals surface area contributed by atoms with Gasteiger partial charge >= 0.3 is 0 Å². The van der Waals surface area contributed by atoms with E-state index in [9.17, 15) is 4.79 Å². The maximum absolute atomic E-state index is 12.4. The fraction of sp³-hybridized carbons (Fsp3) is 0.500. The van der Waals surface area contributed by atoms with Gasteiger partial charge in [-0.2, -0.15) is 0 Å². The van der Waals surface area contributed by atoms with Crippen LogP contribution >= 0.6 is 0 Å². The van der Waals surface area contributed by atoms with Crippen LogP contribution in [0.4, 0.5) is 0 Å². The van der Waals surface area contributed by atoms with Crippen molar-refractivity contribution in [2.24, 2.45) is 11.3 Å². The van der Waals surface area contributed by atoms with E-state index in [2.05, 4.69) is 30.3 Å². The van der Waals surface area contributed by atoms with Gasteiger partial charge in [0.2, 0.25) is 0 Å². The van der Waals surface area contributed by atoms with Crippen molar-refractivity contribution in [1.82, 2.24) is 9.55 Å². The van der Waals surface area contributed by atoms with E-state index in [1.807, 2.05) is 18.2 Å². The summed E-state index contributed by atoms with van der Waals surface area (Å²) in [7, 11) is 1.63. The lowest BCUT2D eigenvalue weighted by Crippen LogP contribution is -2.33. The molecule has 1 aromatic heterocycles. The Balaban J connectivity index is 2.18. The molecule has 0 spiro atoms. The van der Waals surface area contributed by atoms with Crippen molar-refractivity contribution < 1.29 is 9.53 Å². The fourth-order valence-corrected chi connectivity index (χ4v) is 2.86. The standard InChI is InChI=1S/C16H20N2O2/c1-16(2,3)10-8-12(19)15-17-14-11(18(15)9-10)6-5-7-13(14)20-4/h5-7,10H,8-9H2,1-4H3. The zero-order chi connectivity index (χ0) is 14.5.